The van der Waals surface area contributed by atoms with Gasteiger partial charge in [0.05, 0.1) is 12.4 Å². The van der Waals surface area contributed by atoms with Gasteiger partial charge >= 0.3 is 0 Å². The molecule has 1 spiro atoms. The Morgan fingerprint density at radius 1 is 1.33 bits per heavy atom. The van der Waals surface area contributed by atoms with Gasteiger partial charge in [0.2, 0.25) is 0 Å². The van der Waals surface area contributed by atoms with Crippen molar-refractivity contribution >= 4 is 5.91 Å². The van der Waals surface area contributed by atoms with Gasteiger partial charge in [0.15, 0.2) is 0 Å². The van der Waals surface area contributed by atoms with Crippen LogP contribution >= 0.6 is 0 Å². The zero-order chi connectivity index (χ0) is 18.9. The van der Waals surface area contributed by atoms with Crippen LogP contribution in [0, 0.1) is 5.41 Å². The largest absolute Gasteiger partial charge is 0.378 e. The molecule has 0 radical (unpaired) electrons. The summed E-state index contributed by atoms with van der Waals surface area (Å²) < 4.78 is 7.98. The number of carbonyl (C=O) groups is 1. The van der Waals surface area contributed by atoms with E-state index >= 15 is 0 Å². The first-order valence-corrected chi connectivity index (χ1v) is 10.1. The van der Waals surface area contributed by atoms with Crippen molar-refractivity contribution in [1.82, 2.24) is 14.5 Å². The van der Waals surface area contributed by atoms with Crippen LogP contribution in [0.25, 0.3) is 5.69 Å². The van der Waals surface area contributed by atoms with Crippen molar-refractivity contribution in [2.24, 2.45) is 5.41 Å². The lowest BCUT2D eigenvalue weighted by Crippen LogP contribution is -2.65. The van der Waals surface area contributed by atoms with E-state index in [0.29, 0.717) is 6.10 Å². The fraction of sp³-hybridized carbons (Fsp3) is 0.545. The van der Waals surface area contributed by atoms with E-state index in [1.807, 2.05) is 47.0 Å². The lowest BCUT2D eigenvalue weighted by molar-refractivity contribution is -0.170. The van der Waals surface area contributed by atoms with Gasteiger partial charge < -0.3 is 14.2 Å². The number of aromatic nitrogens is 2. The summed E-state index contributed by atoms with van der Waals surface area (Å²) in [4.78, 5) is 19.3. The van der Waals surface area contributed by atoms with Crippen LogP contribution < -0.4 is 0 Å². The van der Waals surface area contributed by atoms with Gasteiger partial charge in [-0.2, -0.15) is 0 Å². The first kappa shape index (κ1) is 18.2. The predicted molar refractivity (Wildman–Crippen MR) is 105 cm³/mol. The van der Waals surface area contributed by atoms with Gasteiger partial charge in [-0.25, -0.2) is 4.98 Å². The van der Waals surface area contributed by atoms with Gasteiger partial charge in [0.1, 0.15) is 0 Å². The second kappa shape index (κ2) is 7.47. The second-order valence-electron chi connectivity index (χ2n) is 7.93. The Labute approximate surface area is 161 Å². The molecule has 27 heavy (non-hydrogen) atoms. The number of carbonyl (C=O) groups excluding carboxylic acids is 1. The Morgan fingerprint density at radius 2 is 2.15 bits per heavy atom. The minimum atomic E-state index is 0.0989. The third-order valence-corrected chi connectivity index (χ3v) is 6.58. The topological polar surface area (TPSA) is 47.4 Å². The summed E-state index contributed by atoms with van der Waals surface area (Å²) in [6, 6.07) is 8.07. The maximum absolute atomic E-state index is 13.3. The van der Waals surface area contributed by atoms with Gasteiger partial charge in [-0.15, -0.1) is 0 Å². The van der Waals surface area contributed by atoms with Crippen molar-refractivity contribution in [3.8, 4) is 5.69 Å². The van der Waals surface area contributed by atoms with Gasteiger partial charge in [-0.3, -0.25) is 4.79 Å². The Balaban J connectivity index is 1.55. The molecule has 0 bridgehead atoms. The first-order chi connectivity index (χ1) is 13.2. The van der Waals surface area contributed by atoms with Crippen molar-refractivity contribution in [2.75, 3.05) is 13.7 Å². The molecule has 2 atom stereocenters. The van der Waals surface area contributed by atoms with Crippen molar-refractivity contribution in [3.63, 3.8) is 0 Å². The molecule has 2 aromatic rings. The fourth-order valence-corrected chi connectivity index (χ4v) is 5.13. The molecule has 1 heterocycles. The van der Waals surface area contributed by atoms with Crippen LogP contribution in [-0.2, 0) is 4.74 Å². The molecule has 5 heteroatoms. The van der Waals surface area contributed by atoms with Gasteiger partial charge in [-0.1, -0.05) is 25.3 Å². The Hall–Kier alpha value is -2.14. The monoisotopic (exact) mass is 367 g/mol. The van der Waals surface area contributed by atoms with Crippen molar-refractivity contribution in [3.05, 3.63) is 48.5 Å². The fourth-order valence-electron chi connectivity index (χ4n) is 5.13. The molecule has 1 aromatic heterocycles. The molecular formula is C22H29N3O2. The van der Waals surface area contributed by atoms with E-state index in [0.717, 1.165) is 24.3 Å². The second-order valence-corrected chi connectivity index (χ2v) is 7.93. The molecule has 0 N–H and O–H groups in total. The predicted octanol–water partition coefficient (Wildman–Crippen LogP) is 4.07. The van der Waals surface area contributed by atoms with Crippen molar-refractivity contribution < 1.29 is 9.53 Å². The number of imidazole rings is 1. The smallest absolute Gasteiger partial charge is 0.253 e. The van der Waals surface area contributed by atoms with Crippen LogP contribution in [0.1, 0.15) is 55.8 Å². The number of rotatable bonds is 5. The Bertz CT molecular complexity index is 781. The normalized spacial score (nSPS) is 23.8. The number of nitrogens with zero attached hydrogens (tertiary/aromatic N) is 3. The number of hydrogen-bond donors (Lipinski definition) is 0. The average molecular weight is 367 g/mol. The zero-order valence-electron chi connectivity index (χ0n) is 16.3. The highest BCUT2D eigenvalue weighted by Gasteiger charge is 2.57. The molecule has 5 nitrogen and oxygen atoms in total. The van der Waals surface area contributed by atoms with Gasteiger partial charge in [-0.05, 0) is 44.4 Å². The molecule has 0 saturated heterocycles. The maximum atomic E-state index is 13.3. The Kier molecular flexibility index (Phi) is 5.04. The lowest BCUT2D eigenvalue weighted by Gasteiger charge is -2.60. The summed E-state index contributed by atoms with van der Waals surface area (Å²) in [5, 5.41) is 0. The number of benzene rings is 1. The third-order valence-electron chi connectivity index (χ3n) is 6.58. The SMILES string of the molecule is CCOC1CC(N(C)C(=O)c2cccc(-n3ccnc3)c2)C12CCCCC2. The van der Waals surface area contributed by atoms with E-state index in [4.69, 9.17) is 4.74 Å². The van der Waals surface area contributed by atoms with E-state index < -0.39 is 0 Å². The highest BCUT2D eigenvalue weighted by Crippen LogP contribution is 2.55. The zero-order valence-corrected chi connectivity index (χ0v) is 16.3. The molecule has 2 saturated carbocycles. The van der Waals surface area contributed by atoms with Crippen molar-refractivity contribution in [2.45, 2.75) is 57.6 Å². The summed E-state index contributed by atoms with van der Waals surface area (Å²) in [7, 11) is 1.97. The summed E-state index contributed by atoms with van der Waals surface area (Å²) in [5.41, 5.74) is 1.84. The van der Waals surface area contributed by atoms with Crippen LogP contribution in [0.15, 0.2) is 43.0 Å². The quantitative estimate of drug-likeness (QED) is 0.800. The minimum Gasteiger partial charge on any atom is -0.378 e. The summed E-state index contributed by atoms with van der Waals surface area (Å²) >= 11 is 0. The Morgan fingerprint density at radius 3 is 2.85 bits per heavy atom. The first-order valence-electron chi connectivity index (χ1n) is 10.1. The highest BCUT2D eigenvalue weighted by molar-refractivity contribution is 5.95. The molecule has 2 aliphatic rings. The highest BCUT2D eigenvalue weighted by atomic mass is 16.5. The lowest BCUT2D eigenvalue weighted by atomic mass is 9.54. The van der Waals surface area contributed by atoms with E-state index in [2.05, 4.69) is 11.9 Å². The van der Waals surface area contributed by atoms with Crippen molar-refractivity contribution in [1.29, 1.82) is 0 Å². The molecule has 2 aliphatic carbocycles. The average Bonchev–Trinajstić information content (AvgIpc) is 3.25. The standard InChI is InChI=1S/C22H29N3O2/c1-3-27-20-15-19(22(20)10-5-4-6-11-22)24(2)21(26)17-8-7-9-18(14-17)25-13-12-23-16-25/h7-9,12-14,16,19-20H,3-6,10-11,15H2,1-2H3. The molecular weight excluding hydrogens is 338 g/mol. The van der Waals surface area contributed by atoms with E-state index in [9.17, 15) is 4.79 Å². The van der Waals surface area contributed by atoms with Crippen LogP contribution in [0.4, 0.5) is 0 Å². The number of amides is 1. The summed E-state index contributed by atoms with van der Waals surface area (Å²) in [6.07, 6.45) is 12.8. The van der Waals surface area contributed by atoms with Crippen LogP contribution in [0.3, 0.4) is 0 Å². The van der Waals surface area contributed by atoms with Gasteiger partial charge in [0.25, 0.3) is 5.91 Å². The van der Waals surface area contributed by atoms with Crippen LogP contribution in [-0.4, -0.2) is 46.2 Å². The summed E-state index contributed by atoms with van der Waals surface area (Å²) in [6.45, 7) is 2.82. The number of hydrogen-bond acceptors (Lipinski definition) is 3. The number of ether oxygens (including phenoxy) is 1. The maximum Gasteiger partial charge on any atom is 0.253 e. The third kappa shape index (κ3) is 3.18. The minimum absolute atomic E-state index is 0.0989. The molecule has 2 fully saturated rings. The molecule has 0 aliphatic heterocycles. The van der Waals surface area contributed by atoms with E-state index in [1.165, 1.54) is 32.1 Å². The van der Waals surface area contributed by atoms with Gasteiger partial charge in [0, 0.05) is 48.8 Å². The van der Waals surface area contributed by atoms with E-state index in [1.54, 1.807) is 12.5 Å². The van der Waals surface area contributed by atoms with Crippen LogP contribution in [0.5, 0.6) is 0 Å². The molecule has 4 rings (SSSR count). The van der Waals surface area contributed by atoms with Crippen LogP contribution in [0.2, 0.25) is 0 Å². The molecule has 2 unspecified atom stereocenters. The molecule has 144 valence electrons. The van der Waals surface area contributed by atoms with E-state index in [-0.39, 0.29) is 17.4 Å². The molecule has 1 aromatic carbocycles. The molecule has 1 amide bonds. The summed E-state index contributed by atoms with van der Waals surface area (Å²) in [5.74, 6) is 0.0989.